The number of rotatable bonds is 2. The van der Waals surface area contributed by atoms with Gasteiger partial charge in [0.2, 0.25) is 0 Å². The van der Waals surface area contributed by atoms with Crippen LogP contribution in [0.5, 0.6) is 0 Å². The van der Waals surface area contributed by atoms with E-state index in [2.05, 4.69) is 31.1 Å². The third-order valence-corrected chi connectivity index (χ3v) is 5.09. The number of fused-ring (bicyclic) bond motifs is 1. The standard InChI is InChI=1S/C21H25N3O3/c1-21(2,3)18-13-24(20(26)27)11-8-15-12-16(4-5-17(15)18)23-19(25)14-6-9-22-10-7-14/h4-7,9-10,12,18H,8,11,13H2,1-3H3,(H,23,25)(H,26,27). The van der Waals surface area contributed by atoms with Crippen molar-refractivity contribution in [2.45, 2.75) is 33.1 Å². The van der Waals surface area contributed by atoms with Crippen LogP contribution in [0.25, 0.3) is 0 Å². The van der Waals surface area contributed by atoms with Gasteiger partial charge >= 0.3 is 6.09 Å². The van der Waals surface area contributed by atoms with Gasteiger partial charge < -0.3 is 15.3 Å². The van der Waals surface area contributed by atoms with Crippen molar-refractivity contribution in [3.05, 3.63) is 59.4 Å². The summed E-state index contributed by atoms with van der Waals surface area (Å²) in [6.07, 6.45) is 2.91. The molecule has 6 nitrogen and oxygen atoms in total. The first-order chi connectivity index (χ1) is 12.8. The highest BCUT2D eigenvalue weighted by Gasteiger charge is 2.33. The average molecular weight is 367 g/mol. The van der Waals surface area contributed by atoms with E-state index in [-0.39, 0.29) is 17.2 Å². The fourth-order valence-electron chi connectivity index (χ4n) is 3.53. The van der Waals surface area contributed by atoms with Crippen LogP contribution in [0.15, 0.2) is 42.7 Å². The average Bonchev–Trinajstić information content (AvgIpc) is 2.82. The lowest BCUT2D eigenvalue weighted by atomic mass is 9.75. The van der Waals surface area contributed by atoms with E-state index in [4.69, 9.17) is 0 Å². The topological polar surface area (TPSA) is 82.5 Å². The van der Waals surface area contributed by atoms with E-state index in [0.29, 0.717) is 30.8 Å². The molecular formula is C21H25N3O3. The molecule has 1 aromatic heterocycles. The molecule has 142 valence electrons. The molecule has 3 rings (SSSR count). The Bertz CT molecular complexity index is 843. The summed E-state index contributed by atoms with van der Waals surface area (Å²) in [4.78, 5) is 29.4. The Labute approximate surface area is 159 Å². The van der Waals surface area contributed by atoms with Gasteiger partial charge in [-0.2, -0.15) is 0 Å². The Kier molecular flexibility index (Phi) is 5.17. The van der Waals surface area contributed by atoms with Crippen molar-refractivity contribution in [1.82, 2.24) is 9.88 Å². The number of hydrogen-bond acceptors (Lipinski definition) is 3. The summed E-state index contributed by atoms with van der Waals surface area (Å²) in [6.45, 7) is 7.33. The third-order valence-electron chi connectivity index (χ3n) is 5.09. The van der Waals surface area contributed by atoms with E-state index in [1.165, 1.54) is 4.90 Å². The third kappa shape index (κ3) is 4.27. The maximum Gasteiger partial charge on any atom is 0.407 e. The SMILES string of the molecule is CC(C)(C)C1CN(C(=O)O)CCc2cc(NC(=O)c3ccncc3)ccc21. The quantitative estimate of drug-likeness (QED) is 0.840. The van der Waals surface area contributed by atoms with Crippen molar-refractivity contribution in [1.29, 1.82) is 0 Å². The van der Waals surface area contributed by atoms with Crippen molar-refractivity contribution in [3.8, 4) is 0 Å². The summed E-state index contributed by atoms with van der Waals surface area (Å²) >= 11 is 0. The lowest BCUT2D eigenvalue weighted by Crippen LogP contribution is -2.36. The molecule has 0 saturated heterocycles. The molecule has 0 fully saturated rings. The van der Waals surface area contributed by atoms with Crippen molar-refractivity contribution in [2.24, 2.45) is 5.41 Å². The fourth-order valence-corrected chi connectivity index (χ4v) is 3.53. The molecule has 0 bridgehead atoms. The van der Waals surface area contributed by atoms with Crippen LogP contribution in [0.2, 0.25) is 0 Å². The molecule has 2 amide bonds. The van der Waals surface area contributed by atoms with E-state index in [1.807, 2.05) is 18.2 Å². The van der Waals surface area contributed by atoms with Gasteiger partial charge in [-0.1, -0.05) is 26.8 Å². The zero-order chi connectivity index (χ0) is 19.6. The summed E-state index contributed by atoms with van der Waals surface area (Å²) in [5, 5.41) is 12.4. The number of hydrogen-bond donors (Lipinski definition) is 2. The monoisotopic (exact) mass is 367 g/mol. The van der Waals surface area contributed by atoms with Crippen molar-refractivity contribution in [2.75, 3.05) is 18.4 Å². The fraction of sp³-hybridized carbons (Fsp3) is 0.381. The summed E-state index contributed by atoms with van der Waals surface area (Å²) in [5.41, 5.74) is 3.44. The maximum absolute atomic E-state index is 12.4. The number of pyridine rings is 1. The van der Waals surface area contributed by atoms with Gasteiger partial charge in [-0.05, 0) is 47.2 Å². The molecule has 1 unspecified atom stereocenters. The molecule has 2 heterocycles. The molecule has 6 heteroatoms. The molecule has 1 atom stereocenters. The van der Waals surface area contributed by atoms with Crippen LogP contribution < -0.4 is 5.32 Å². The first-order valence-electron chi connectivity index (χ1n) is 9.08. The number of carboxylic acid groups (broad SMARTS) is 1. The van der Waals surface area contributed by atoms with Crippen LogP contribution in [-0.2, 0) is 6.42 Å². The Hall–Kier alpha value is -2.89. The second-order valence-corrected chi connectivity index (χ2v) is 8.00. The highest BCUT2D eigenvalue weighted by molar-refractivity contribution is 6.04. The van der Waals surface area contributed by atoms with Gasteiger partial charge in [-0.15, -0.1) is 0 Å². The van der Waals surface area contributed by atoms with E-state index >= 15 is 0 Å². The number of amides is 2. The number of anilines is 1. The molecular weight excluding hydrogens is 342 g/mol. The number of nitrogens with zero attached hydrogens (tertiary/aromatic N) is 2. The second-order valence-electron chi connectivity index (χ2n) is 8.00. The minimum atomic E-state index is -0.886. The van der Waals surface area contributed by atoms with Crippen LogP contribution in [0.3, 0.4) is 0 Å². The zero-order valence-corrected chi connectivity index (χ0v) is 15.9. The molecule has 1 aromatic carbocycles. The minimum Gasteiger partial charge on any atom is -0.465 e. The van der Waals surface area contributed by atoms with E-state index < -0.39 is 6.09 Å². The lowest BCUT2D eigenvalue weighted by molar-refractivity contribution is 0.102. The van der Waals surface area contributed by atoms with Gasteiger partial charge in [0.25, 0.3) is 5.91 Å². The highest BCUT2D eigenvalue weighted by Crippen LogP contribution is 2.39. The van der Waals surface area contributed by atoms with Crippen LogP contribution in [-0.4, -0.2) is 40.1 Å². The van der Waals surface area contributed by atoms with Gasteiger partial charge in [0.05, 0.1) is 0 Å². The van der Waals surface area contributed by atoms with Crippen molar-refractivity contribution < 1.29 is 14.7 Å². The molecule has 0 saturated carbocycles. The highest BCUT2D eigenvalue weighted by atomic mass is 16.4. The Morgan fingerprint density at radius 2 is 1.89 bits per heavy atom. The molecule has 1 aliphatic heterocycles. The van der Waals surface area contributed by atoms with Gasteiger partial charge in [0, 0.05) is 42.7 Å². The smallest absolute Gasteiger partial charge is 0.407 e. The largest absolute Gasteiger partial charge is 0.465 e. The molecule has 27 heavy (non-hydrogen) atoms. The van der Waals surface area contributed by atoms with Gasteiger partial charge in [-0.25, -0.2) is 4.79 Å². The minimum absolute atomic E-state index is 0.0748. The molecule has 2 aromatic rings. The summed E-state index contributed by atoms with van der Waals surface area (Å²) < 4.78 is 0. The van der Waals surface area contributed by atoms with Crippen LogP contribution >= 0.6 is 0 Å². The van der Waals surface area contributed by atoms with E-state index in [1.54, 1.807) is 24.5 Å². The predicted molar refractivity (Wildman–Crippen MR) is 104 cm³/mol. The van der Waals surface area contributed by atoms with Crippen LogP contribution in [0, 0.1) is 5.41 Å². The van der Waals surface area contributed by atoms with Gasteiger partial charge in [0.15, 0.2) is 0 Å². The van der Waals surface area contributed by atoms with Crippen LogP contribution in [0.1, 0.15) is 48.2 Å². The normalized spacial score (nSPS) is 17.0. The lowest BCUT2D eigenvalue weighted by Gasteiger charge is -2.33. The van der Waals surface area contributed by atoms with E-state index in [9.17, 15) is 14.7 Å². The summed E-state index contributed by atoms with van der Waals surface area (Å²) in [6, 6.07) is 9.22. The van der Waals surface area contributed by atoms with Gasteiger partial charge in [0.1, 0.15) is 0 Å². The second kappa shape index (κ2) is 7.39. The number of benzene rings is 1. The number of carbonyl (C=O) groups excluding carboxylic acids is 1. The van der Waals surface area contributed by atoms with Crippen LogP contribution in [0.4, 0.5) is 10.5 Å². The Morgan fingerprint density at radius 3 is 2.52 bits per heavy atom. The number of aromatic nitrogens is 1. The number of nitrogens with one attached hydrogen (secondary N) is 1. The summed E-state index contributed by atoms with van der Waals surface area (Å²) in [7, 11) is 0. The Balaban J connectivity index is 1.89. The first kappa shape index (κ1) is 18.9. The zero-order valence-electron chi connectivity index (χ0n) is 15.9. The van der Waals surface area contributed by atoms with E-state index in [0.717, 1.165) is 11.1 Å². The first-order valence-corrected chi connectivity index (χ1v) is 9.08. The summed E-state index contributed by atoms with van der Waals surface area (Å²) in [5.74, 6) is -0.0958. The van der Waals surface area contributed by atoms with Crippen molar-refractivity contribution in [3.63, 3.8) is 0 Å². The van der Waals surface area contributed by atoms with Crippen molar-refractivity contribution >= 4 is 17.7 Å². The Morgan fingerprint density at radius 1 is 1.19 bits per heavy atom. The maximum atomic E-state index is 12.4. The number of carbonyl (C=O) groups is 2. The predicted octanol–water partition coefficient (Wildman–Crippen LogP) is 4.00. The molecule has 0 aliphatic carbocycles. The molecule has 0 radical (unpaired) electrons. The molecule has 1 aliphatic rings. The molecule has 0 spiro atoms. The molecule has 2 N–H and O–H groups in total. The van der Waals surface area contributed by atoms with Gasteiger partial charge in [-0.3, -0.25) is 9.78 Å².